The Bertz CT molecular complexity index is 48.4. The molecule has 0 aliphatic rings. The maximum absolute atomic E-state index is 8.17. The largest absolute Gasteiger partial charge is 2.00 e. The molecule has 0 heterocycles. The van der Waals surface area contributed by atoms with Crippen molar-refractivity contribution in [2.45, 2.75) is 13.0 Å². The van der Waals surface area contributed by atoms with Crippen molar-refractivity contribution in [2.75, 3.05) is 19.8 Å². The average molecular weight is 346 g/mol. The minimum absolute atomic E-state index is 0. The number of rotatable bonds is 2. The SMILES string of the molecule is CCO.OCC(O)CO.[Ba+2].[Cl-].[Cl-]. The van der Waals surface area contributed by atoms with Gasteiger partial charge in [0.2, 0.25) is 0 Å². The van der Waals surface area contributed by atoms with Crippen LogP contribution < -0.4 is 24.8 Å². The summed E-state index contributed by atoms with van der Waals surface area (Å²) < 4.78 is 0. The van der Waals surface area contributed by atoms with E-state index in [1.54, 1.807) is 6.92 Å². The van der Waals surface area contributed by atoms with E-state index in [1.165, 1.54) is 0 Å². The van der Waals surface area contributed by atoms with Crippen molar-refractivity contribution in [2.24, 2.45) is 0 Å². The summed E-state index contributed by atoms with van der Waals surface area (Å²) in [6.45, 7) is 1.20. The summed E-state index contributed by atoms with van der Waals surface area (Å²) in [6.07, 6.45) is -0.954. The van der Waals surface area contributed by atoms with Crippen molar-refractivity contribution in [3.8, 4) is 0 Å². The first-order valence-electron chi connectivity index (χ1n) is 2.73. The molecule has 4 nitrogen and oxygen atoms in total. The molecule has 0 aromatic rings. The average Bonchev–Trinajstić information content (AvgIpc) is 1.88. The molecule has 12 heavy (non-hydrogen) atoms. The van der Waals surface area contributed by atoms with Gasteiger partial charge in [0, 0.05) is 6.61 Å². The van der Waals surface area contributed by atoms with Gasteiger partial charge in [-0.25, -0.2) is 0 Å². The minimum Gasteiger partial charge on any atom is -1.00 e. The van der Waals surface area contributed by atoms with Crippen molar-refractivity contribution in [1.29, 1.82) is 0 Å². The molecule has 0 amide bonds. The van der Waals surface area contributed by atoms with Gasteiger partial charge in [0.05, 0.1) is 13.2 Å². The van der Waals surface area contributed by atoms with Crippen LogP contribution in [0.5, 0.6) is 0 Å². The normalized spacial score (nSPS) is 6.50. The molecule has 0 aromatic carbocycles. The second kappa shape index (κ2) is 29.3. The van der Waals surface area contributed by atoms with Gasteiger partial charge in [-0.1, -0.05) is 0 Å². The van der Waals surface area contributed by atoms with Gasteiger partial charge in [0.15, 0.2) is 0 Å². The second-order valence-corrected chi connectivity index (χ2v) is 1.34. The molecule has 0 rings (SSSR count). The Morgan fingerprint density at radius 1 is 1.00 bits per heavy atom. The molecule has 0 bridgehead atoms. The maximum Gasteiger partial charge on any atom is 2.00 e. The van der Waals surface area contributed by atoms with E-state index in [0.29, 0.717) is 0 Å². The van der Waals surface area contributed by atoms with Gasteiger partial charge < -0.3 is 45.2 Å². The van der Waals surface area contributed by atoms with E-state index in [1.807, 2.05) is 0 Å². The fourth-order valence-corrected chi connectivity index (χ4v) is 0.0577. The van der Waals surface area contributed by atoms with Gasteiger partial charge >= 0.3 is 48.9 Å². The molecule has 0 saturated heterocycles. The number of halogens is 2. The van der Waals surface area contributed by atoms with Crippen LogP contribution in [0.2, 0.25) is 0 Å². The first-order chi connectivity index (χ1) is 4.22. The van der Waals surface area contributed by atoms with Crippen LogP contribution in [-0.4, -0.2) is 95.2 Å². The number of aliphatic hydroxyl groups excluding tert-OH is 4. The Kier molecular flexibility index (Phi) is 71.2. The zero-order valence-corrected chi connectivity index (χ0v) is 12.9. The van der Waals surface area contributed by atoms with E-state index in [-0.39, 0.29) is 93.5 Å². The van der Waals surface area contributed by atoms with Crippen LogP contribution >= 0.6 is 0 Å². The topological polar surface area (TPSA) is 80.9 Å². The van der Waals surface area contributed by atoms with Crippen molar-refractivity contribution in [1.82, 2.24) is 0 Å². The monoisotopic (exact) mass is 346 g/mol. The molecule has 7 heteroatoms. The molecule has 0 aliphatic carbocycles. The van der Waals surface area contributed by atoms with Crippen LogP contribution in [0, 0.1) is 0 Å². The number of hydrogen-bond donors (Lipinski definition) is 4. The van der Waals surface area contributed by atoms with Crippen molar-refractivity contribution >= 4 is 48.9 Å². The quantitative estimate of drug-likeness (QED) is 0.375. The molecule has 0 atom stereocenters. The van der Waals surface area contributed by atoms with Gasteiger partial charge in [-0.2, -0.15) is 0 Å². The summed E-state index contributed by atoms with van der Waals surface area (Å²) >= 11 is 0. The molecular formula is C5H14BaCl2O4. The third-order valence-corrected chi connectivity index (χ3v) is 0.421. The Morgan fingerprint density at radius 2 is 1.17 bits per heavy atom. The first kappa shape index (κ1) is 29.2. The summed E-state index contributed by atoms with van der Waals surface area (Å²) in [5.41, 5.74) is 0. The Morgan fingerprint density at radius 3 is 1.17 bits per heavy atom. The Balaban J connectivity index is -0.0000000246. The van der Waals surface area contributed by atoms with Crippen molar-refractivity contribution in [3.05, 3.63) is 0 Å². The van der Waals surface area contributed by atoms with E-state index in [0.717, 1.165) is 0 Å². The maximum atomic E-state index is 8.17. The van der Waals surface area contributed by atoms with Crippen LogP contribution in [0.25, 0.3) is 0 Å². The van der Waals surface area contributed by atoms with Crippen LogP contribution in [0.4, 0.5) is 0 Å². The zero-order chi connectivity index (χ0) is 7.70. The third kappa shape index (κ3) is 40.4. The molecule has 4 N–H and O–H groups in total. The Labute approximate surface area is 125 Å². The van der Waals surface area contributed by atoms with Gasteiger partial charge in [0.1, 0.15) is 6.10 Å². The molecule has 0 spiro atoms. The Hall–Kier alpha value is 1.99. The first-order valence-corrected chi connectivity index (χ1v) is 2.73. The number of hydrogen-bond acceptors (Lipinski definition) is 4. The van der Waals surface area contributed by atoms with E-state index < -0.39 is 6.10 Å². The second-order valence-electron chi connectivity index (χ2n) is 1.34. The molecule has 0 saturated carbocycles. The standard InChI is InChI=1S/C3H8O3.C2H6O.Ba.2ClH/c4-1-3(6)2-5;1-2-3;;;/h3-6H,1-2H2;3H,2H2,1H3;;2*1H/q;;+2;;/p-2. The van der Waals surface area contributed by atoms with Crippen LogP contribution in [0.15, 0.2) is 0 Å². The molecular weight excluding hydrogens is 332 g/mol. The smallest absolute Gasteiger partial charge is 1.00 e. The van der Waals surface area contributed by atoms with Crippen LogP contribution in [0.3, 0.4) is 0 Å². The van der Waals surface area contributed by atoms with Gasteiger partial charge in [-0.15, -0.1) is 0 Å². The zero-order valence-electron chi connectivity index (χ0n) is 6.95. The van der Waals surface area contributed by atoms with Gasteiger partial charge in [0.25, 0.3) is 0 Å². The van der Waals surface area contributed by atoms with E-state index in [2.05, 4.69) is 0 Å². The summed E-state index contributed by atoms with van der Waals surface area (Å²) in [7, 11) is 0. The molecule has 0 fully saturated rings. The van der Waals surface area contributed by atoms with Crippen molar-refractivity contribution in [3.63, 3.8) is 0 Å². The van der Waals surface area contributed by atoms with E-state index in [9.17, 15) is 0 Å². The summed E-state index contributed by atoms with van der Waals surface area (Å²) in [4.78, 5) is 0. The van der Waals surface area contributed by atoms with Crippen molar-refractivity contribution < 1.29 is 45.2 Å². The summed E-state index contributed by atoms with van der Waals surface area (Å²) in [6, 6.07) is 0. The predicted molar refractivity (Wildman–Crippen MR) is 38.7 cm³/mol. The minimum atomic E-state index is -0.954. The predicted octanol–water partition coefficient (Wildman–Crippen LogP) is -8.04. The molecule has 74 valence electrons. The van der Waals surface area contributed by atoms with E-state index >= 15 is 0 Å². The molecule has 0 aliphatic heterocycles. The third-order valence-electron chi connectivity index (χ3n) is 0.421. The molecule has 0 aromatic heterocycles. The summed E-state index contributed by atoms with van der Waals surface area (Å²) in [5, 5.41) is 31.6. The van der Waals surface area contributed by atoms with Crippen LogP contribution in [-0.2, 0) is 0 Å². The van der Waals surface area contributed by atoms with Gasteiger partial charge in [-0.3, -0.25) is 0 Å². The molecule has 0 unspecified atom stereocenters. The number of aliphatic hydroxyl groups is 4. The van der Waals surface area contributed by atoms with Crippen LogP contribution in [0.1, 0.15) is 6.92 Å². The summed E-state index contributed by atoms with van der Waals surface area (Å²) in [5.74, 6) is 0. The van der Waals surface area contributed by atoms with E-state index in [4.69, 9.17) is 20.4 Å². The fraction of sp³-hybridized carbons (Fsp3) is 1.00. The fourth-order valence-electron chi connectivity index (χ4n) is 0.0577. The molecule has 0 radical (unpaired) electrons. The van der Waals surface area contributed by atoms with Gasteiger partial charge in [-0.05, 0) is 6.92 Å².